The van der Waals surface area contributed by atoms with Crippen LogP contribution in [-0.2, 0) is 26.2 Å². The molecule has 1 atom stereocenters. The molecule has 0 saturated heterocycles. The Kier molecular flexibility index (Phi) is 9.94. The molecular formula is C25H35N3O6S. The molecule has 0 spiro atoms. The fourth-order valence-electron chi connectivity index (χ4n) is 3.67. The summed E-state index contributed by atoms with van der Waals surface area (Å²) in [5, 5.41) is 2.86. The molecule has 0 aliphatic heterocycles. The molecule has 1 N–H and O–H groups in total. The minimum atomic E-state index is -3.90. The molecule has 192 valence electrons. The molecule has 2 aromatic carbocycles. The van der Waals surface area contributed by atoms with Gasteiger partial charge in [-0.3, -0.25) is 13.9 Å². The van der Waals surface area contributed by atoms with E-state index in [4.69, 9.17) is 9.47 Å². The number of carbonyl (C=O) groups is 2. The second-order valence-electron chi connectivity index (χ2n) is 8.40. The van der Waals surface area contributed by atoms with Gasteiger partial charge in [0, 0.05) is 18.7 Å². The minimum Gasteiger partial charge on any atom is -0.497 e. The van der Waals surface area contributed by atoms with Crippen LogP contribution in [0.1, 0.15) is 32.8 Å². The maximum atomic E-state index is 13.7. The molecule has 0 fully saturated rings. The van der Waals surface area contributed by atoms with E-state index in [9.17, 15) is 18.0 Å². The molecule has 2 rings (SSSR count). The Labute approximate surface area is 208 Å². The van der Waals surface area contributed by atoms with E-state index < -0.39 is 28.5 Å². The number of hydrogen-bond acceptors (Lipinski definition) is 6. The first-order valence-electron chi connectivity index (χ1n) is 11.3. The molecule has 9 nitrogen and oxygen atoms in total. The Bertz CT molecular complexity index is 1110. The topological polar surface area (TPSA) is 105 Å². The normalized spacial score (nSPS) is 12.1. The van der Waals surface area contributed by atoms with Crippen LogP contribution >= 0.6 is 0 Å². The second-order valence-corrected chi connectivity index (χ2v) is 10.3. The summed E-state index contributed by atoms with van der Waals surface area (Å²) in [6, 6.07) is 13.1. The van der Waals surface area contributed by atoms with E-state index in [1.54, 1.807) is 12.1 Å². The number of hydrogen-bond donors (Lipinski definition) is 1. The summed E-state index contributed by atoms with van der Waals surface area (Å²) in [5.41, 5.74) is 0.989. The van der Waals surface area contributed by atoms with E-state index in [0.29, 0.717) is 12.2 Å². The van der Waals surface area contributed by atoms with Crippen molar-refractivity contribution < 1.29 is 27.5 Å². The summed E-state index contributed by atoms with van der Waals surface area (Å²) < 4.78 is 37.2. The van der Waals surface area contributed by atoms with Gasteiger partial charge in [-0.1, -0.05) is 37.3 Å². The summed E-state index contributed by atoms with van der Waals surface area (Å²) in [5.74, 6) is -0.138. The second kappa shape index (κ2) is 12.4. The number of benzene rings is 2. The molecule has 0 aliphatic carbocycles. The third kappa shape index (κ3) is 7.61. The van der Waals surface area contributed by atoms with Crippen LogP contribution in [0.4, 0.5) is 5.69 Å². The highest BCUT2D eigenvalue weighted by Crippen LogP contribution is 2.34. The maximum Gasteiger partial charge on any atom is 0.244 e. The number of amides is 2. The van der Waals surface area contributed by atoms with E-state index in [1.807, 2.05) is 51.1 Å². The maximum absolute atomic E-state index is 13.7. The first-order valence-corrected chi connectivity index (χ1v) is 13.2. The van der Waals surface area contributed by atoms with Crippen molar-refractivity contribution in [1.29, 1.82) is 0 Å². The largest absolute Gasteiger partial charge is 0.497 e. The molecule has 0 aromatic heterocycles. The van der Waals surface area contributed by atoms with Crippen LogP contribution in [0.3, 0.4) is 0 Å². The van der Waals surface area contributed by atoms with Gasteiger partial charge in [0.15, 0.2) is 0 Å². The third-order valence-corrected chi connectivity index (χ3v) is 6.47. The Hall–Kier alpha value is -3.27. The molecule has 35 heavy (non-hydrogen) atoms. The van der Waals surface area contributed by atoms with Gasteiger partial charge in [0.25, 0.3) is 0 Å². The quantitative estimate of drug-likeness (QED) is 0.476. The van der Waals surface area contributed by atoms with Crippen LogP contribution < -0.4 is 19.1 Å². The number of nitrogens with zero attached hydrogens (tertiary/aromatic N) is 2. The minimum absolute atomic E-state index is 0.112. The van der Waals surface area contributed by atoms with Gasteiger partial charge < -0.3 is 19.7 Å². The predicted molar refractivity (Wildman–Crippen MR) is 136 cm³/mol. The number of ether oxygens (including phenoxy) is 2. The molecule has 10 heteroatoms. The van der Waals surface area contributed by atoms with Gasteiger partial charge in [0.2, 0.25) is 21.8 Å². The highest BCUT2D eigenvalue weighted by atomic mass is 32.2. The van der Waals surface area contributed by atoms with E-state index in [0.717, 1.165) is 16.1 Å². The lowest BCUT2D eigenvalue weighted by Gasteiger charge is -2.33. The average Bonchev–Trinajstić information content (AvgIpc) is 2.81. The Morgan fingerprint density at radius 3 is 2.20 bits per heavy atom. The van der Waals surface area contributed by atoms with Crippen LogP contribution in [0.5, 0.6) is 11.5 Å². The van der Waals surface area contributed by atoms with Crippen LogP contribution in [-0.4, -0.2) is 64.2 Å². The fraction of sp³-hybridized carbons (Fsp3) is 0.440. The fourth-order valence-corrected chi connectivity index (χ4v) is 4.51. The summed E-state index contributed by atoms with van der Waals surface area (Å²) in [4.78, 5) is 28.1. The van der Waals surface area contributed by atoms with E-state index in [2.05, 4.69) is 5.32 Å². The first kappa shape index (κ1) is 28.0. The molecule has 0 bridgehead atoms. The zero-order chi connectivity index (χ0) is 26.2. The molecule has 2 amide bonds. The van der Waals surface area contributed by atoms with Gasteiger partial charge >= 0.3 is 0 Å². The van der Waals surface area contributed by atoms with Crippen molar-refractivity contribution in [1.82, 2.24) is 10.2 Å². The van der Waals surface area contributed by atoms with Gasteiger partial charge in [-0.25, -0.2) is 8.42 Å². The lowest BCUT2D eigenvalue weighted by atomic mass is 10.1. The summed E-state index contributed by atoms with van der Waals surface area (Å²) in [6.45, 7) is 5.13. The monoisotopic (exact) mass is 505 g/mol. The highest BCUT2D eigenvalue weighted by Gasteiger charge is 2.32. The van der Waals surface area contributed by atoms with Crippen LogP contribution in [0.2, 0.25) is 0 Å². The van der Waals surface area contributed by atoms with Crippen molar-refractivity contribution in [2.45, 2.75) is 45.8 Å². The van der Waals surface area contributed by atoms with Gasteiger partial charge in [-0.05, 0) is 38.0 Å². The summed E-state index contributed by atoms with van der Waals surface area (Å²) in [7, 11) is -1.02. The van der Waals surface area contributed by atoms with Crippen LogP contribution in [0.15, 0.2) is 48.5 Å². The average molecular weight is 506 g/mol. The number of rotatable bonds is 12. The van der Waals surface area contributed by atoms with Gasteiger partial charge in [0.1, 0.15) is 24.1 Å². The van der Waals surface area contributed by atoms with Crippen molar-refractivity contribution in [3.05, 3.63) is 54.1 Å². The molecule has 0 radical (unpaired) electrons. The standard InChI is InChI=1S/C25H35N3O6S/c1-7-21(25(30)26-18(2)3)27(16-19-11-9-8-10-12-19)24(29)17-28(35(6,31)32)22-15-20(33-4)13-14-23(22)34-5/h8-15,18,21H,7,16-17H2,1-6H3,(H,26,30). The predicted octanol–water partition coefficient (Wildman–Crippen LogP) is 2.80. The van der Waals surface area contributed by atoms with E-state index >= 15 is 0 Å². The van der Waals surface area contributed by atoms with E-state index in [-0.39, 0.29) is 29.9 Å². The smallest absolute Gasteiger partial charge is 0.244 e. The Morgan fingerprint density at radius 2 is 1.69 bits per heavy atom. The SMILES string of the molecule is CCC(C(=O)NC(C)C)N(Cc1ccccc1)C(=O)CN(c1cc(OC)ccc1OC)S(C)(=O)=O. The summed E-state index contributed by atoms with van der Waals surface area (Å²) >= 11 is 0. The molecule has 2 aromatic rings. The number of anilines is 1. The Balaban J connectivity index is 2.51. The van der Waals surface area contributed by atoms with Crippen LogP contribution in [0, 0.1) is 0 Å². The Morgan fingerprint density at radius 1 is 1.03 bits per heavy atom. The molecular weight excluding hydrogens is 470 g/mol. The van der Waals surface area contributed by atoms with Crippen molar-refractivity contribution in [3.63, 3.8) is 0 Å². The van der Waals surface area contributed by atoms with Gasteiger partial charge in [-0.15, -0.1) is 0 Å². The van der Waals surface area contributed by atoms with E-state index in [1.165, 1.54) is 25.2 Å². The van der Waals surface area contributed by atoms with Crippen molar-refractivity contribution >= 4 is 27.5 Å². The zero-order valence-electron chi connectivity index (χ0n) is 21.1. The lowest BCUT2D eigenvalue weighted by molar-refractivity contribution is -0.140. The number of sulfonamides is 1. The summed E-state index contributed by atoms with van der Waals surface area (Å²) in [6.07, 6.45) is 1.38. The number of carbonyl (C=O) groups excluding carboxylic acids is 2. The zero-order valence-corrected chi connectivity index (χ0v) is 22.0. The van der Waals surface area contributed by atoms with Crippen molar-refractivity contribution in [2.75, 3.05) is 31.3 Å². The third-order valence-electron chi connectivity index (χ3n) is 5.35. The first-order chi connectivity index (χ1) is 16.5. The van der Waals surface area contributed by atoms with Gasteiger partial charge in [-0.2, -0.15) is 0 Å². The van der Waals surface area contributed by atoms with Crippen molar-refractivity contribution in [3.8, 4) is 11.5 Å². The van der Waals surface area contributed by atoms with Crippen molar-refractivity contribution in [2.24, 2.45) is 0 Å². The van der Waals surface area contributed by atoms with Crippen LogP contribution in [0.25, 0.3) is 0 Å². The highest BCUT2D eigenvalue weighted by molar-refractivity contribution is 7.92. The number of methoxy groups -OCH3 is 2. The molecule has 0 heterocycles. The molecule has 1 unspecified atom stereocenters. The lowest BCUT2D eigenvalue weighted by Crippen LogP contribution is -2.53. The van der Waals surface area contributed by atoms with Gasteiger partial charge in [0.05, 0.1) is 26.2 Å². The molecule has 0 aliphatic rings. The number of nitrogens with one attached hydrogen (secondary N) is 1. The molecule has 0 saturated carbocycles.